The number of carbonyl (C=O) groups is 1. The minimum absolute atomic E-state index is 0.0739. The van der Waals surface area contributed by atoms with Crippen molar-refractivity contribution in [1.29, 1.82) is 0 Å². The largest absolute Gasteiger partial charge is 0.453 e. The van der Waals surface area contributed by atoms with E-state index < -0.39 is 10.0 Å². The summed E-state index contributed by atoms with van der Waals surface area (Å²) in [6.07, 6.45) is 0.535. The maximum Gasteiger partial charge on any atom is 0.286 e. The van der Waals surface area contributed by atoms with Crippen LogP contribution in [0.1, 0.15) is 29.7 Å². The summed E-state index contributed by atoms with van der Waals surface area (Å²) in [5.41, 5.74) is 0. The van der Waals surface area contributed by atoms with E-state index in [2.05, 4.69) is 5.32 Å². The van der Waals surface area contributed by atoms with E-state index in [1.165, 1.54) is 11.4 Å². The van der Waals surface area contributed by atoms with Crippen molar-refractivity contribution in [3.8, 4) is 0 Å². The average Bonchev–Trinajstić information content (AvgIpc) is 2.92. The highest BCUT2D eigenvalue weighted by Gasteiger charge is 2.15. The number of furan rings is 1. The molecule has 0 saturated carbocycles. The molecule has 21 heavy (non-hydrogen) atoms. The van der Waals surface area contributed by atoms with Crippen molar-refractivity contribution in [2.24, 2.45) is 0 Å². The van der Waals surface area contributed by atoms with Gasteiger partial charge in [0.15, 0.2) is 5.76 Å². The molecule has 0 saturated heterocycles. The number of rotatable bonds is 9. The van der Waals surface area contributed by atoms with Gasteiger partial charge in [-0.05, 0) is 25.5 Å². The van der Waals surface area contributed by atoms with E-state index in [1.54, 1.807) is 26.2 Å². The fourth-order valence-electron chi connectivity index (χ4n) is 1.67. The Labute approximate surface area is 125 Å². The summed E-state index contributed by atoms with van der Waals surface area (Å²) >= 11 is 0. The van der Waals surface area contributed by atoms with E-state index in [9.17, 15) is 13.2 Å². The van der Waals surface area contributed by atoms with Crippen molar-refractivity contribution in [3.05, 3.63) is 23.7 Å². The normalized spacial score (nSPS) is 11.8. The van der Waals surface area contributed by atoms with Gasteiger partial charge in [-0.1, -0.05) is 0 Å². The highest BCUT2D eigenvalue weighted by Crippen LogP contribution is 2.08. The number of carbonyl (C=O) groups excluding carboxylic acids is 1. The van der Waals surface area contributed by atoms with Gasteiger partial charge in [0.25, 0.3) is 5.91 Å². The monoisotopic (exact) mass is 318 g/mol. The quantitative estimate of drug-likeness (QED) is 0.681. The Hall–Kier alpha value is -1.38. The SMILES string of the molecule is CCS(=O)(=O)N(C)CCCNC(=O)c1ccc(COC)o1. The van der Waals surface area contributed by atoms with Crippen molar-refractivity contribution in [1.82, 2.24) is 9.62 Å². The number of nitrogens with one attached hydrogen (secondary N) is 1. The lowest BCUT2D eigenvalue weighted by atomic mass is 10.3. The molecule has 1 aromatic rings. The molecule has 1 amide bonds. The molecule has 0 spiro atoms. The van der Waals surface area contributed by atoms with Gasteiger partial charge in [-0.25, -0.2) is 12.7 Å². The van der Waals surface area contributed by atoms with E-state index in [-0.39, 0.29) is 17.4 Å². The maximum atomic E-state index is 11.8. The Morgan fingerprint density at radius 2 is 2.14 bits per heavy atom. The fourth-order valence-corrected chi connectivity index (χ4v) is 2.52. The van der Waals surface area contributed by atoms with Gasteiger partial charge in [0.05, 0.1) is 5.75 Å². The first-order chi connectivity index (χ1) is 9.90. The number of sulfonamides is 1. The minimum Gasteiger partial charge on any atom is -0.453 e. The lowest BCUT2D eigenvalue weighted by Gasteiger charge is -2.15. The zero-order valence-electron chi connectivity index (χ0n) is 12.6. The van der Waals surface area contributed by atoms with Crippen molar-refractivity contribution >= 4 is 15.9 Å². The summed E-state index contributed by atoms with van der Waals surface area (Å²) in [4.78, 5) is 11.8. The van der Waals surface area contributed by atoms with Crippen LogP contribution in [0.25, 0.3) is 0 Å². The van der Waals surface area contributed by atoms with Crippen LogP contribution in [0.4, 0.5) is 0 Å². The molecule has 0 fully saturated rings. The summed E-state index contributed by atoms with van der Waals surface area (Å²) in [6.45, 7) is 2.65. The van der Waals surface area contributed by atoms with Crippen LogP contribution < -0.4 is 5.32 Å². The van der Waals surface area contributed by atoms with Crippen molar-refractivity contribution in [2.75, 3.05) is 33.0 Å². The van der Waals surface area contributed by atoms with Crippen LogP contribution in [0, 0.1) is 0 Å². The van der Waals surface area contributed by atoms with Crippen LogP contribution >= 0.6 is 0 Å². The third kappa shape index (κ3) is 5.49. The Bertz CT molecular complexity index is 553. The van der Waals surface area contributed by atoms with E-state index in [1.807, 2.05) is 0 Å². The molecule has 0 bridgehead atoms. The first-order valence-corrected chi connectivity index (χ1v) is 8.31. The Kier molecular flexibility index (Phi) is 6.86. The summed E-state index contributed by atoms with van der Waals surface area (Å²) < 4.78 is 34.5. The van der Waals surface area contributed by atoms with E-state index in [4.69, 9.17) is 9.15 Å². The summed E-state index contributed by atoms with van der Waals surface area (Å²) in [7, 11) is -0.0891. The molecule has 8 heteroatoms. The minimum atomic E-state index is -3.17. The molecule has 0 atom stereocenters. The van der Waals surface area contributed by atoms with Crippen LogP contribution in [-0.4, -0.2) is 51.6 Å². The van der Waals surface area contributed by atoms with E-state index in [0.717, 1.165) is 0 Å². The topological polar surface area (TPSA) is 88.9 Å². The standard InChI is InChI=1S/C13H22N2O5S/c1-4-21(17,18)15(2)9-5-8-14-13(16)12-7-6-11(20-12)10-19-3/h6-7H,4-5,8-10H2,1-3H3,(H,14,16). The molecule has 0 aliphatic heterocycles. The van der Waals surface area contributed by atoms with Crippen molar-refractivity contribution in [2.45, 2.75) is 20.0 Å². The molecule has 7 nitrogen and oxygen atoms in total. The van der Waals surface area contributed by atoms with Crippen LogP contribution in [0.2, 0.25) is 0 Å². The van der Waals surface area contributed by atoms with E-state index >= 15 is 0 Å². The predicted molar refractivity (Wildman–Crippen MR) is 78.5 cm³/mol. The smallest absolute Gasteiger partial charge is 0.286 e. The number of amides is 1. The number of methoxy groups -OCH3 is 1. The molecule has 0 unspecified atom stereocenters. The first kappa shape index (κ1) is 17.7. The number of ether oxygens (including phenoxy) is 1. The molecule has 120 valence electrons. The fraction of sp³-hybridized carbons (Fsp3) is 0.615. The maximum absolute atomic E-state index is 11.8. The molecule has 0 radical (unpaired) electrons. The van der Waals surface area contributed by atoms with Crippen LogP contribution in [0.3, 0.4) is 0 Å². The van der Waals surface area contributed by atoms with Gasteiger partial charge in [0.2, 0.25) is 10.0 Å². The molecule has 1 aromatic heterocycles. The molecule has 1 rings (SSSR count). The zero-order chi connectivity index (χ0) is 15.9. The molecule has 0 aliphatic rings. The second-order valence-corrected chi connectivity index (χ2v) is 6.90. The molecular weight excluding hydrogens is 296 g/mol. The average molecular weight is 318 g/mol. The highest BCUT2D eigenvalue weighted by molar-refractivity contribution is 7.89. The van der Waals surface area contributed by atoms with E-state index in [0.29, 0.717) is 31.9 Å². The van der Waals surface area contributed by atoms with Crippen LogP contribution in [0.5, 0.6) is 0 Å². The summed E-state index contributed by atoms with van der Waals surface area (Å²) in [5, 5.41) is 2.68. The number of hydrogen-bond donors (Lipinski definition) is 1. The summed E-state index contributed by atoms with van der Waals surface area (Å²) in [5.74, 6) is 0.552. The predicted octanol–water partition coefficient (Wildman–Crippen LogP) is 0.827. The van der Waals surface area contributed by atoms with Gasteiger partial charge < -0.3 is 14.5 Å². The van der Waals surface area contributed by atoms with Crippen molar-refractivity contribution < 1.29 is 22.4 Å². The molecule has 0 aliphatic carbocycles. The van der Waals surface area contributed by atoms with Gasteiger partial charge in [0.1, 0.15) is 12.4 Å². The van der Waals surface area contributed by atoms with Gasteiger partial charge in [0, 0.05) is 27.2 Å². The van der Waals surface area contributed by atoms with Gasteiger partial charge in [-0.15, -0.1) is 0 Å². The molecular formula is C13H22N2O5S. The van der Waals surface area contributed by atoms with Gasteiger partial charge in [-0.2, -0.15) is 0 Å². The lowest BCUT2D eigenvalue weighted by molar-refractivity contribution is 0.0916. The van der Waals surface area contributed by atoms with Crippen molar-refractivity contribution in [3.63, 3.8) is 0 Å². The Morgan fingerprint density at radius 3 is 2.76 bits per heavy atom. The van der Waals surface area contributed by atoms with Crippen LogP contribution in [0.15, 0.2) is 16.5 Å². The third-order valence-corrected chi connectivity index (χ3v) is 4.81. The molecule has 0 aromatic carbocycles. The second-order valence-electron chi connectivity index (χ2n) is 4.53. The molecule has 1 heterocycles. The third-order valence-electron chi connectivity index (χ3n) is 2.95. The first-order valence-electron chi connectivity index (χ1n) is 6.70. The Balaban J connectivity index is 2.33. The second kappa shape index (κ2) is 8.16. The zero-order valence-corrected chi connectivity index (χ0v) is 13.4. The molecule has 1 N–H and O–H groups in total. The lowest BCUT2D eigenvalue weighted by Crippen LogP contribution is -2.32. The number of nitrogens with zero attached hydrogens (tertiary/aromatic N) is 1. The van der Waals surface area contributed by atoms with Gasteiger partial charge in [-0.3, -0.25) is 4.79 Å². The Morgan fingerprint density at radius 1 is 1.43 bits per heavy atom. The highest BCUT2D eigenvalue weighted by atomic mass is 32.2. The summed E-state index contributed by atoms with van der Waals surface area (Å²) in [6, 6.07) is 3.26. The number of hydrogen-bond acceptors (Lipinski definition) is 5. The van der Waals surface area contributed by atoms with Crippen LogP contribution in [-0.2, 0) is 21.4 Å². The van der Waals surface area contributed by atoms with Gasteiger partial charge >= 0.3 is 0 Å².